The molecule has 0 saturated heterocycles. The van der Waals surface area contributed by atoms with Gasteiger partial charge in [0.1, 0.15) is 6.10 Å². The predicted octanol–water partition coefficient (Wildman–Crippen LogP) is 3.24. The van der Waals surface area contributed by atoms with Crippen molar-refractivity contribution >= 4 is 6.47 Å². The van der Waals surface area contributed by atoms with Crippen LogP contribution in [0.15, 0.2) is 30.3 Å². The zero-order chi connectivity index (χ0) is 16.3. The number of carbonyl (C=O) groups excluding carboxylic acids is 1. The fraction of sp³-hybridized carbons (Fsp3) is 0.368. The van der Waals surface area contributed by atoms with Gasteiger partial charge in [-0.25, -0.2) is 0 Å². The molecule has 0 spiro atoms. The van der Waals surface area contributed by atoms with E-state index < -0.39 is 5.60 Å². The Labute approximate surface area is 133 Å². The van der Waals surface area contributed by atoms with Crippen molar-refractivity contribution in [2.45, 2.75) is 44.8 Å². The van der Waals surface area contributed by atoms with Crippen LogP contribution in [-0.4, -0.2) is 17.7 Å². The summed E-state index contributed by atoms with van der Waals surface area (Å²) < 4.78 is 4.77. The van der Waals surface area contributed by atoms with Gasteiger partial charge in [0, 0.05) is 19.3 Å². The molecule has 0 aliphatic rings. The van der Waals surface area contributed by atoms with Gasteiger partial charge in [-0.15, -0.1) is 0 Å². The van der Waals surface area contributed by atoms with Crippen molar-refractivity contribution in [2.75, 3.05) is 0 Å². The molecule has 0 saturated carbocycles. The lowest BCUT2D eigenvalue weighted by molar-refractivity contribution is -0.131. The molecule has 0 bridgehead atoms. The Bertz CT molecular complexity index is 486. The molecule has 0 unspecified atom stereocenters. The molecule has 0 aliphatic carbocycles. The summed E-state index contributed by atoms with van der Waals surface area (Å²) in [4.78, 5) is 10.3. The van der Waals surface area contributed by atoms with Gasteiger partial charge in [-0.3, -0.25) is 4.79 Å². The highest BCUT2D eigenvalue weighted by molar-refractivity contribution is 5.39. The molecule has 3 radical (unpaired) electrons. The summed E-state index contributed by atoms with van der Waals surface area (Å²) >= 11 is 0. The van der Waals surface area contributed by atoms with E-state index in [0.29, 0.717) is 12.0 Å². The first-order valence-corrected chi connectivity index (χ1v) is 7.52. The average Bonchev–Trinajstić information content (AvgIpc) is 2.53. The minimum atomic E-state index is -1.34. The van der Waals surface area contributed by atoms with Gasteiger partial charge in [-0.1, -0.05) is 55.5 Å². The number of benzene rings is 1. The molecule has 0 aliphatic heterocycles. The second-order valence-corrected chi connectivity index (χ2v) is 5.03. The highest BCUT2D eigenvalue weighted by Crippen LogP contribution is 2.25. The van der Waals surface area contributed by atoms with E-state index in [-0.39, 0.29) is 6.10 Å². The molecule has 0 fully saturated rings. The van der Waals surface area contributed by atoms with Crippen molar-refractivity contribution in [1.29, 1.82) is 0 Å². The minimum Gasteiger partial charge on any atom is -0.465 e. The maximum absolute atomic E-state index is 10.8. The maximum atomic E-state index is 10.8. The van der Waals surface area contributed by atoms with E-state index in [1.54, 1.807) is 26.2 Å². The van der Waals surface area contributed by atoms with Gasteiger partial charge in [0.25, 0.3) is 6.47 Å². The van der Waals surface area contributed by atoms with E-state index in [1.165, 1.54) is 0 Å². The first-order valence-electron chi connectivity index (χ1n) is 7.52. The van der Waals surface area contributed by atoms with Crippen LogP contribution in [0.4, 0.5) is 0 Å². The zero-order valence-corrected chi connectivity index (χ0v) is 13.2. The van der Waals surface area contributed by atoms with Crippen LogP contribution in [-0.2, 0) is 15.1 Å². The fourth-order valence-electron chi connectivity index (χ4n) is 1.85. The number of carbonyl (C=O) groups is 1. The SMILES string of the molecule is CCCCC#C[C@@](O)([CH][CH][CH][C@@H](C)OC=O)c1ccccc1. The van der Waals surface area contributed by atoms with Crippen LogP contribution in [0.25, 0.3) is 0 Å². The number of unbranched alkanes of at least 4 members (excludes halogenated alkanes) is 2. The van der Waals surface area contributed by atoms with Crippen LogP contribution < -0.4 is 0 Å². The monoisotopic (exact) mass is 299 g/mol. The third kappa shape index (κ3) is 6.32. The summed E-state index contributed by atoms with van der Waals surface area (Å²) in [5.41, 5.74) is -0.625. The topological polar surface area (TPSA) is 46.5 Å². The molecule has 22 heavy (non-hydrogen) atoms. The van der Waals surface area contributed by atoms with Crippen LogP contribution in [0.1, 0.15) is 38.7 Å². The molecule has 1 aromatic rings. The quantitative estimate of drug-likeness (QED) is 0.432. The molecule has 0 aromatic heterocycles. The molecule has 1 N–H and O–H groups in total. The third-order valence-corrected chi connectivity index (χ3v) is 3.14. The van der Waals surface area contributed by atoms with E-state index in [9.17, 15) is 9.90 Å². The van der Waals surface area contributed by atoms with Gasteiger partial charge < -0.3 is 9.84 Å². The van der Waals surface area contributed by atoms with E-state index in [1.807, 2.05) is 30.3 Å². The molecule has 0 heterocycles. The number of ether oxygens (including phenoxy) is 1. The molecular formula is C19H23O3. The molecule has 117 valence electrons. The summed E-state index contributed by atoms with van der Waals surface area (Å²) in [6, 6.07) is 9.30. The molecule has 1 aromatic carbocycles. The van der Waals surface area contributed by atoms with Gasteiger partial charge in [0.15, 0.2) is 5.60 Å². The predicted molar refractivity (Wildman–Crippen MR) is 87.2 cm³/mol. The molecule has 0 amide bonds. The Morgan fingerprint density at radius 1 is 1.36 bits per heavy atom. The Balaban J connectivity index is 2.73. The Morgan fingerprint density at radius 3 is 2.73 bits per heavy atom. The number of aliphatic hydroxyl groups is 1. The first-order chi connectivity index (χ1) is 10.6. The Kier molecular flexibility index (Phi) is 8.32. The summed E-state index contributed by atoms with van der Waals surface area (Å²) in [7, 11) is 0. The van der Waals surface area contributed by atoms with Crippen molar-refractivity contribution in [3.05, 3.63) is 55.2 Å². The van der Waals surface area contributed by atoms with Gasteiger partial charge in [-0.05, 0) is 25.3 Å². The molecule has 2 atom stereocenters. The van der Waals surface area contributed by atoms with Gasteiger partial charge >= 0.3 is 0 Å². The highest BCUT2D eigenvalue weighted by Gasteiger charge is 2.27. The number of hydrogen-bond acceptors (Lipinski definition) is 3. The second kappa shape index (κ2) is 10.0. The van der Waals surface area contributed by atoms with Crippen molar-refractivity contribution in [1.82, 2.24) is 0 Å². The Hall–Kier alpha value is -1.79. The largest absolute Gasteiger partial charge is 0.465 e. The number of hydrogen-bond donors (Lipinski definition) is 1. The average molecular weight is 299 g/mol. The van der Waals surface area contributed by atoms with Crippen LogP contribution in [0, 0.1) is 31.1 Å². The summed E-state index contributed by atoms with van der Waals surface area (Å²) in [5, 5.41) is 10.8. The molecule has 3 heteroatoms. The van der Waals surface area contributed by atoms with Gasteiger partial charge in [0.05, 0.1) is 0 Å². The smallest absolute Gasteiger partial charge is 0.293 e. The second-order valence-electron chi connectivity index (χ2n) is 5.03. The standard InChI is InChI=1S/C19H23O3/c1-3-4-5-9-14-19(21,18-12-7-6-8-13-18)15-10-11-17(2)22-16-20/h6-8,10-13,15-17,21H,3-5H2,1-2H3/t17-,19-/m1/s1. The van der Waals surface area contributed by atoms with Gasteiger partial charge in [-0.2, -0.15) is 0 Å². The van der Waals surface area contributed by atoms with Crippen LogP contribution >= 0.6 is 0 Å². The Morgan fingerprint density at radius 2 is 2.09 bits per heavy atom. The van der Waals surface area contributed by atoms with E-state index in [4.69, 9.17) is 4.74 Å². The number of rotatable bonds is 9. The van der Waals surface area contributed by atoms with Gasteiger partial charge in [0.2, 0.25) is 0 Å². The molecule has 1 rings (SSSR count). The molecule has 3 nitrogen and oxygen atoms in total. The van der Waals surface area contributed by atoms with Crippen LogP contribution in [0.2, 0.25) is 0 Å². The van der Waals surface area contributed by atoms with Crippen molar-refractivity contribution in [2.24, 2.45) is 0 Å². The highest BCUT2D eigenvalue weighted by atomic mass is 16.5. The zero-order valence-electron chi connectivity index (χ0n) is 13.2. The summed E-state index contributed by atoms with van der Waals surface area (Å²) in [6.07, 6.45) is 7.48. The van der Waals surface area contributed by atoms with Crippen molar-refractivity contribution in [3.63, 3.8) is 0 Å². The maximum Gasteiger partial charge on any atom is 0.293 e. The minimum absolute atomic E-state index is 0.346. The van der Waals surface area contributed by atoms with Crippen molar-refractivity contribution < 1.29 is 14.6 Å². The lowest BCUT2D eigenvalue weighted by atomic mass is 9.88. The van der Waals surface area contributed by atoms with Crippen LogP contribution in [0.5, 0.6) is 0 Å². The van der Waals surface area contributed by atoms with E-state index >= 15 is 0 Å². The third-order valence-electron chi connectivity index (χ3n) is 3.14. The van der Waals surface area contributed by atoms with E-state index in [2.05, 4.69) is 18.8 Å². The summed E-state index contributed by atoms with van der Waals surface area (Å²) in [6.45, 7) is 4.25. The molecular weight excluding hydrogens is 276 g/mol. The summed E-state index contributed by atoms with van der Waals surface area (Å²) in [5.74, 6) is 5.98. The lowest BCUT2D eigenvalue weighted by Crippen LogP contribution is -2.25. The lowest BCUT2D eigenvalue weighted by Gasteiger charge is -2.23. The first kappa shape index (κ1) is 18.3. The van der Waals surface area contributed by atoms with Crippen molar-refractivity contribution in [3.8, 4) is 11.8 Å². The normalized spacial score (nSPS) is 14.3. The van der Waals surface area contributed by atoms with E-state index in [0.717, 1.165) is 19.3 Å². The van der Waals surface area contributed by atoms with Crippen LogP contribution in [0.3, 0.4) is 0 Å². The fourth-order valence-corrected chi connectivity index (χ4v) is 1.85.